The summed E-state index contributed by atoms with van der Waals surface area (Å²) in [4.78, 5) is 11.8. The number of carbonyl (C=O) groups excluding carboxylic acids is 1. The van der Waals surface area contributed by atoms with Crippen molar-refractivity contribution in [2.24, 2.45) is 0 Å². The first kappa shape index (κ1) is 14.3. The number of hydrogen-bond acceptors (Lipinski definition) is 2. The van der Waals surface area contributed by atoms with Gasteiger partial charge in [-0.3, -0.25) is 4.79 Å². The third-order valence-corrected chi connectivity index (χ3v) is 3.82. The predicted octanol–water partition coefficient (Wildman–Crippen LogP) is 3.85. The minimum atomic E-state index is 0.388. The van der Waals surface area contributed by atoms with Crippen molar-refractivity contribution in [3.8, 4) is 0 Å². The minimum Gasteiger partial charge on any atom is -0.378 e. The van der Waals surface area contributed by atoms with Crippen molar-refractivity contribution in [2.75, 3.05) is 6.61 Å². The second-order valence-electron chi connectivity index (χ2n) is 5.55. The fourth-order valence-electron chi connectivity index (χ4n) is 2.56. The summed E-state index contributed by atoms with van der Waals surface area (Å²) in [7, 11) is 0. The van der Waals surface area contributed by atoms with E-state index in [0.717, 1.165) is 25.9 Å². The Hall–Kier alpha value is -1.15. The molecule has 0 spiro atoms. The summed E-state index contributed by atoms with van der Waals surface area (Å²) in [5.41, 5.74) is 2.53. The number of rotatable bonds is 7. The number of carbonyl (C=O) groups is 1. The first-order chi connectivity index (χ1) is 9.24. The maximum atomic E-state index is 11.8. The lowest BCUT2D eigenvalue weighted by Gasteiger charge is -2.08. The van der Waals surface area contributed by atoms with Crippen LogP contribution >= 0.6 is 0 Å². The van der Waals surface area contributed by atoms with Gasteiger partial charge in [0.1, 0.15) is 5.78 Å². The Balaban J connectivity index is 1.60. The smallest absolute Gasteiger partial charge is 0.133 e. The van der Waals surface area contributed by atoms with Crippen molar-refractivity contribution in [1.82, 2.24) is 0 Å². The Labute approximate surface area is 116 Å². The molecule has 0 radical (unpaired) electrons. The van der Waals surface area contributed by atoms with Crippen LogP contribution in [-0.4, -0.2) is 18.5 Å². The molecule has 1 saturated heterocycles. The normalized spacial score (nSPS) is 18.7. The fourth-order valence-corrected chi connectivity index (χ4v) is 2.56. The first-order valence-corrected chi connectivity index (χ1v) is 7.43. The topological polar surface area (TPSA) is 26.3 Å². The van der Waals surface area contributed by atoms with Crippen LogP contribution in [-0.2, 0) is 16.0 Å². The third kappa shape index (κ3) is 5.15. The first-order valence-electron chi connectivity index (χ1n) is 7.43. The highest BCUT2D eigenvalue weighted by Crippen LogP contribution is 2.18. The molecule has 0 bridgehead atoms. The van der Waals surface area contributed by atoms with Crippen LogP contribution < -0.4 is 0 Å². The molecule has 0 N–H and O–H groups in total. The van der Waals surface area contributed by atoms with E-state index >= 15 is 0 Å². The standard InChI is InChI=1S/C17H24O2/c1-14-7-9-15(10-8-14)11-12-16(18)4-2-5-17-6-3-13-19-17/h7-10,17H,2-6,11-13H2,1H3. The summed E-state index contributed by atoms with van der Waals surface area (Å²) in [5.74, 6) is 0.388. The molecule has 1 unspecified atom stereocenters. The molecule has 1 fully saturated rings. The molecule has 1 heterocycles. The van der Waals surface area contributed by atoms with Crippen molar-refractivity contribution in [2.45, 2.75) is 58.0 Å². The zero-order valence-corrected chi connectivity index (χ0v) is 11.9. The molecule has 1 aromatic rings. The summed E-state index contributed by atoms with van der Waals surface area (Å²) in [6.45, 7) is 2.99. The molecule has 1 aliphatic heterocycles. The maximum Gasteiger partial charge on any atom is 0.133 e. The van der Waals surface area contributed by atoms with Gasteiger partial charge in [-0.25, -0.2) is 0 Å². The lowest BCUT2D eigenvalue weighted by Crippen LogP contribution is -2.06. The van der Waals surface area contributed by atoms with Gasteiger partial charge in [0.25, 0.3) is 0 Å². The lowest BCUT2D eigenvalue weighted by atomic mass is 10.0. The largest absolute Gasteiger partial charge is 0.378 e. The summed E-state index contributed by atoms with van der Waals surface area (Å²) in [6.07, 6.45) is 7.08. The number of Topliss-reactive ketones (excluding diaryl/α,β-unsaturated/α-hetero) is 1. The van der Waals surface area contributed by atoms with Gasteiger partial charge in [0.15, 0.2) is 0 Å². The highest BCUT2D eigenvalue weighted by molar-refractivity contribution is 5.78. The molecule has 2 rings (SSSR count). The van der Waals surface area contributed by atoms with Crippen molar-refractivity contribution < 1.29 is 9.53 Å². The van der Waals surface area contributed by atoms with Gasteiger partial charge in [0.2, 0.25) is 0 Å². The zero-order valence-electron chi connectivity index (χ0n) is 11.9. The van der Waals surface area contributed by atoms with E-state index in [9.17, 15) is 4.79 Å². The van der Waals surface area contributed by atoms with Gasteiger partial charge in [-0.2, -0.15) is 0 Å². The number of aryl methyl sites for hydroxylation is 2. The number of benzene rings is 1. The van der Waals surface area contributed by atoms with Crippen LogP contribution in [0.4, 0.5) is 0 Å². The van der Waals surface area contributed by atoms with Crippen LogP contribution in [0.2, 0.25) is 0 Å². The summed E-state index contributed by atoms with van der Waals surface area (Å²) in [5, 5.41) is 0. The van der Waals surface area contributed by atoms with E-state index in [1.807, 2.05) is 0 Å². The molecule has 0 aliphatic carbocycles. The molecule has 2 heteroatoms. The van der Waals surface area contributed by atoms with Crippen LogP contribution in [0.1, 0.15) is 49.7 Å². The lowest BCUT2D eigenvalue weighted by molar-refractivity contribution is -0.119. The fraction of sp³-hybridized carbons (Fsp3) is 0.588. The number of hydrogen-bond donors (Lipinski definition) is 0. The van der Waals surface area contributed by atoms with Gasteiger partial charge >= 0.3 is 0 Å². The van der Waals surface area contributed by atoms with E-state index in [1.165, 1.54) is 24.0 Å². The second-order valence-corrected chi connectivity index (χ2v) is 5.55. The molecule has 2 nitrogen and oxygen atoms in total. The number of ketones is 1. The van der Waals surface area contributed by atoms with E-state index in [4.69, 9.17) is 4.74 Å². The van der Waals surface area contributed by atoms with E-state index in [0.29, 0.717) is 24.7 Å². The Kier molecular flexibility index (Phi) is 5.59. The van der Waals surface area contributed by atoms with Crippen molar-refractivity contribution >= 4 is 5.78 Å². The predicted molar refractivity (Wildman–Crippen MR) is 77.3 cm³/mol. The molecule has 19 heavy (non-hydrogen) atoms. The van der Waals surface area contributed by atoms with Crippen LogP contribution in [0.3, 0.4) is 0 Å². The van der Waals surface area contributed by atoms with E-state index in [1.54, 1.807) is 0 Å². The van der Waals surface area contributed by atoms with Crippen molar-refractivity contribution in [1.29, 1.82) is 0 Å². The van der Waals surface area contributed by atoms with Gasteiger partial charge < -0.3 is 4.74 Å². The average molecular weight is 260 g/mol. The molecule has 0 aromatic heterocycles. The summed E-state index contributed by atoms with van der Waals surface area (Å²) >= 11 is 0. The molecule has 0 saturated carbocycles. The quantitative estimate of drug-likeness (QED) is 0.744. The second kappa shape index (κ2) is 7.44. The van der Waals surface area contributed by atoms with Gasteiger partial charge in [-0.1, -0.05) is 29.8 Å². The Morgan fingerprint density at radius 3 is 2.74 bits per heavy atom. The SMILES string of the molecule is Cc1ccc(CCC(=O)CCCC2CCCO2)cc1. The Bertz CT molecular complexity index is 388. The molecule has 1 aromatic carbocycles. The highest BCUT2D eigenvalue weighted by atomic mass is 16.5. The Morgan fingerprint density at radius 2 is 2.05 bits per heavy atom. The number of ether oxygens (including phenoxy) is 1. The summed E-state index contributed by atoms with van der Waals surface area (Å²) < 4.78 is 5.56. The van der Waals surface area contributed by atoms with E-state index < -0.39 is 0 Å². The summed E-state index contributed by atoms with van der Waals surface area (Å²) in [6, 6.07) is 8.46. The molecule has 104 valence electrons. The van der Waals surface area contributed by atoms with Gasteiger partial charge in [0, 0.05) is 19.4 Å². The highest BCUT2D eigenvalue weighted by Gasteiger charge is 2.15. The molecule has 1 atom stereocenters. The van der Waals surface area contributed by atoms with Crippen LogP contribution in [0.25, 0.3) is 0 Å². The van der Waals surface area contributed by atoms with Gasteiger partial charge in [0.05, 0.1) is 6.10 Å². The Morgan fingerprint density at radius 1 is 1.26 bits per heavy atom. The van der Waals surface area contributed by atoms with Gasteiger partial charge in [-0.05, 0) is 44.6 Å². The molecule has 1 aliphatic rings. The van der Waals surface area contributed by atoms with E-state index in [-0.39, 0.29) is 0 Å². The maximum absolute atomic E-state index is 11.8. The molecular weight excluding hydrogens is 236 g/mol. The van der Waals surface area contributed by atoms with Crippen molar-refractivity contribution in [3.05, 3.63) is 35.4 Å². The zero-order chi connectivity index (χ0) is 13.5. The van der Waals surface area contributed by atoms with Crippen LogP contribution in [0.15, 0.2) is 24.3 Å². The van der Waals surface area contributed by atoms with E-state index in [2.05, 4.69) is 31.2 Å². The third-order valence-electron chi connectivity index (χ3n) is 3.82. The monoisotopic (exact) mass is 260 g/mol. The van der Waals surface area contributed by atoms with Crippen molar-refractivity contribution in [3.63, 3.8) is 0 Å². The average Bonchev–Trinajstić information content (AvgIpc) is 2.91. The van der Waals surface area contributed by atoms with Crippen LogP contribution in [0.5, 0.6) is 0 Å². The van der Waals surface area contributed by atoms with Crippen LogP contribution in [0, 0.1) is 6.92 Å². The molecule has 0 amide bonds. The van der Waals surface area contributed by atoms with Gasteiger partial charge in [-0.15, -0.1) is 0 Å². The minimum absolute atomic E-state index is 0.388. The molecular formula is C17H24O2.